The molecule has 0 atom stereocenters. The van der Waals surface area contributed by atoms with Crippen molar-refractivity contribution in [3.05, 3.63) is 36.2 Å². The molecule has 0 fully saturated rings. The average molecular weight is 377 g/mol. The maximum Gasteiger partial charge on any atom is 0.164 e. The van der Waals surface area contributed by atoms with Gasteiger partial charge < -0.3 is 11.5 Å². The Hall–Kier alpha value is -1.99. The highest BCUT2D eigenvalue weighted by molar-refractivity contribution is 8.93. The van der Waals surface area contributed by atoms with Crippen molar-refractivity contribution in [3.63, 3.8) is 0 Å². The van der Waals surface area contributed by atoms with E-state index >= 15 is 0 Å². The zero-order chi connectivity index (χ0) is 15.9. The molecule has 0 saturated carbocycles. The standard InChI is InChI=1S/C16H20N6.BrH/c1-10-4-6-11(7-5-10)13-12-14(18)19-9-20-15(12)22(21-13)16(2,3)8-17;/h4-7,9H,8,17H2,1-3H3,(H2,18,19,20);1H. The first kappa shape index (κ1) is 17.4. The van der Waals surface area contributed by atoms with Crippen LogP contribution in [0.25, 0.3) is 22.3 Å². The fourth-order valence-electron chi connectivity index (χ4n) is 2.40. The number of nitrogens with zero attached hydrogens (tertiary/aromatic N) is 4. The van der Waals surface area contributed by atoms with Gasteiger partial charge in [0.15, 0.2) is 5.65 Å². The minimum atomic E-state index is -0.359. The van der Waals surface area contributed by atoms with E-state index in [1.165, 1.54) is 11.9 Å². The molecule has 1 aromatic carbocycles. The third-order valence-electron chi connectivity index (χ3n) is 3.89. The Kier molecular flexibility index (Phi) is 4.72. The van der Waals surface area contributed by atoms with Crippen LogP contribution in [0.1, 0.15) is 19.4 Å². The monoisotopic (exact) mass is 376 g/mol. The SMILES string of the molecule is Br.Cc1ccc(-c2nn(C(C)(C)CN)c3ncnc(N)c23)cc1. The van der Waals surface area contributed by atoms with Gasteiger partial charge in [-0.15, -0.1) is 17.0 Å². The molecule has 7 heteroatoms. The molecule has 3 aromatic rings. The number of anilines is 1. The Morgan fingerprint density at radius 2 is 1.78 bits per heavy atom. The van der Waals surface area contributed by atoms with Crippen molar-refractivity contribution >= 4 is 33.8 Å². The molecule has 0 radical (unpaired) electrons. The molecular weight excluding hydrogens is 356 g/mol. The van der Waals surface area contributed by atoms with Crippen LogP contribution in [0.4, 0.5) is 5.82 Å². The van der Waals surface area contributed by atoms with Gasteiger partial charge in [0.05, 0.1) is 10.9 Å². The second-order valence-electron chi connectivity index (χ2n) is 6.10. The summed E-state index contributed by atoms with van der Waals surface area (Å²) >= 11 is 0. The molecule has 0 aliphatic rings. The molecular formula is C16H21BrN6. The topological polar surface area (TPSA) is 95.6 Å². The lowest BCUT2D eigenvalue weighted by molar-refractivity contribution is 0.340. The molecule has 0 spiro atoms. The summed E-state index contributed by atoms with van der Waals surface area (Å²) in [5.74, 6) is 0.430. The molecule has 0 aliphatic carbocycles. The van der Waals surface area contributed by atoms with Gasteiger partial charge in [0.2, 0.25) is 0 Å². The van der Waals surface area contributed by atoms with Gasteiger partial charge in [-0.2, -0.15) is 5.10 Å². The van der Waals surface area contributed by atoms with Gasteiger partial charge in [-0.05, 0) is 20.8 Å². The van der Waals surface area contributed by atoms with Crippen LogP contribution in [0.5, 0.6) is 0 Å². The fourth-order valence-corrected chi connectivity index (χ4v) is 2.40. The van der Waals surface area contributed by atoms with Gasteiger partial charge in [-0.1, -0.05) is 29.8 Å². The second-order valence-corrected chi connectivity index (χ2v) is 6.10. The van der Waals surface area contributed by atoms with Crippen molar-refractivity contribution in [2.24, 2.45) is 5.73 Å². The predicted octanol–water partition coefficient (Wildman–Crippen LogP) is 2.66. The predicted molar refractivity (Wildman–Crippen MR) is 98.6 cm³/mol. The van der Waals surface area contributed by atoms with Crippen molar-refractivity contribution in [1.82, 2.24) is 19.7 Å². The average Bonchev–Trinajstić information content (AvgIpc) is 2.90. The number of nitrogen functional groups attached to an aromatic ring is 1. The Bertz CT molecular complexity index is 822. The lowest BCUT2D eigenvalue weighted by Gasteiger charge is -2.23. The van der Waals surface area contributed by atoms with E-state index in [0.29, 0.717) is 18.0 Å². The van der Waals surface area contributed by atoms with Crippen LogP contribution >= 0.6 is 17.0 Å². The Balaban J connectivity index is 0.00000192. The molecule has 122 valence electrons. The number of nitrogens with two attached hydrogens (primary N) is 2. The third-order valence-corrected chi connectivity index (χ3v) is 3.89. The minimum Gasteiger partial charge on any atom is -0.383 e. The smallest absolute Gasteiger partial charge is 0.164 e. The highest BCUT2D eigenvalue weighted by Gasteiger charge is 2.26. The quantitative estimate of drug-likeness (QED) is 0.732. The number of hydrogen-bond acceptors (Lipinski definition) is 5. The normalized spacial score (nSPS) is 11.5. The number of hydrogen-bond donors (Lipinski definition) is 2. The first-order valence-electron chi connectivity index (χ1n) is 7.21. The van der Waals surface area contributed by atoms with Gasteiger partial charge in [-0.25, -0.2) is 14.6 Å². The second kappa shape index (κ2) is 6.25. The lowest BCUT2D eigenvalue weighted by atomic mass is 10.1. The summed E-state index contributed by atoms with van der Waals surface area (Å²) in [7, 11) is 0. The van der Waals surface area contributed by atoms with Crippen molar-refractivity contribution in [2.45, 2.75) is 26.3 Å². The maximum atomic E-state index is 6.09. The van der Waals surface area contributed by atoms with E-state index in [9.17, 15) is 0 Å². The fraction of sp³-hybridized carbons (Fsp3) is 0.312. The van der Waals surface area contributed by atoms with Crippen LogP contribution in [0.2, 0.25) is 0 Å². The highest BCUT2D eigenvalue weighted by atomic mass is 79.9. The maximum absolute atomic E-state index is 6.09. The van der Waals surface area contributed by atoms with Crippen LogP contribution in [0.15, 0.2) is 30.6 Å². The van der Waals surface area contributed by atoms with Gasteiger partial charge in [-0.3, -0.25) is 0 Å². The van der Waals surface area contributed by atoms with Crippen molar-refractivity contribution in [2.75, 3.05) is 12.3 Å². The van der Waals surface area contributed by atoms with Crippen LogP contribution in [-0.2, 0) is 5.54 Å². The van der Waals surface area contributed by atoms with Crippen LogP contribution in [0, 0.1) is 6.92 Å². The minimum absolute atomic E-state index is 0. The van der Waals surface area contributed by atoms with Crippen molar-refractivity contribution in [3.8, 4) is 11.3 Å². The molecule has 6 nitrogen and oxygen atoms in total. The molecule has 0 unspecified atom stereocenters. The van der Waals surface area contributed by atoms with E-state index in [0.717, 1.165) is 16.6 Å². The van der Waals surface area contributed by atoms with Crippen LogP contribution in [0.3, 0.4) is 0 Å². The summed E-state index contributed by atoms with van der Waals surface area (Å²) in [5, 5.41) is 5.52. The Morgan fingerprint density at radius 3 is 2.39 bits per heavy atom. The zero-order valence-electron chi connectivity index (χ0n) is 13.4. The lowest BCUT2D eigenvalue weighted by Crippen LogP contribution is -2.36. The van der Waals surface area contributed by atoms with Crippen molar-refractivity contribution in [1.29, 1.82) is 0 Å². The molecule has 0 saturated heterocycles. The number of benzene rings is 1. The first-order chi connectivity index (χ1) is 10.4. The largest absolute Gasteiger partial charge is 0.383 e. The summed E-state index contributed by atoms with van der Waals surface area (Å²) in [6, 6.07) is 8.16. The van der Waals surface area contributed by atoms with E-state index in [4.69, 9.17) is 16.6 Å². The van der Waals surface area contributed by atoms with E-state index in [1.807, 2.05) is 42.8 Å². The van der Waals surface area contributed by atoms with Gasteiger partial charge in [0.1, 0.15) is 17.8 Å². The number of fused-ring (bicyclic) bond motifs is 1. The van der Waals surface area contributed by atoms with Crippen molar-refractivity contribution < 1.29 is 0 Å². The Labute approximate surface area is 145 Å². The molecule has 0 bridgehead atoms. The number of rotatable bonds is 3. The molecule has 23 heavy (non-hydrogen) atoms. The van der Waals surface area contributed by atoms with E-state index < -0.39 is 0 Å². The van der Waals surface area contributed by atoms with Gasteiger partial charge >= 0.3 is 0 Å². The molecule has 2 heterocycles. The van der Waals surface area contributed by atoms with Crippen LogP contribution in [-0.4, -0.2) is 26.3 Å². The Morgan fingerprint density at radius 1 is 1.13 bits per heavy atom. The summed E-state index contributed by atoms with van der Waals surface area (Å²) in [5.41, 5.74) is 15.3. The first-order valence-corrected chi connectivity index (χ1v) is 7.21. The number of aryl methyl sites for hydroxylation is 1. The summed E-state index contributed by atoms with van der Waals surface area (Å²) < 4.78 is 1.84. The highest BCUT2D eigenvalue weighted by Crippen LogP contribution is 2.32. The summed E-state index contributed by atoms with van der Waals surface area (Å²) in [6.45, 7) is 6.55. The third kappa shape index (κ3) is 2.94. The molecule has 4 N–H and O–H groups in total. The molecule has 3 rings (SSSR count). The van der Waals surface area contributed by atoms with E-state index in [-0.39, 0.29) is 22.5 Å². The van der Waals surface area contributed by atoms with Gasteiger partial charge in [0.25, 0.3) is 0 Å². The summed E-state index contributed by atoms with van der Waals surface area (Å²) in [4.78, 5) is 8.49. The summed E-state index contributed by atoms with van der Waals surface area (Å²) in [6.07, 6.45) is 1.46. The van der Waals surface area contributed by atoms with E-state index in [1.54, 1.807) is 0 Å². The molecule has 0 amide bonds. The van der Waals surface area contributed by atoms with Crippen LogP contribution < -0.4 is 11.5 Å². The molecule has 0 aliphatic heterocycles. The zero-order valence-corrected chi connectivity index (χ0v) is 15.2. The van der Waals surface area contributed by atoms with E-state index in [2.05, 4.69) is 16.9 Å². The molecule has 2 aromatic heterocycles. The number of halogens is 1. The number of aromatic nitrogens is 4. The van der Waals surface area contributed by atoms with Gasteiger partial charge in [0, 0.05) is 12.1 Å².